The second kappa shape index (κ2) is 7.49. The molecule has 0 unspecified atom stereocenters. The molecule has 0 radical (unpaired) electrons. The number of benzene rings is 2. The number of hydrogen-bond donors (Lipinski definition) is 0. The Kier molecular flexibility index (Phi) is 5.57. The van der Waals surface area contributed by atoms with Crippen molar-refractivity contribution in [2.75, 3.05) is 0 Å². The maximum atomic E-state index is 13.8. The van der Waals surface area contributed by atoms with Crippen molar-refractivity contribution in [2.45, 2.75) is 65.4 Å². The lowest BCUT2D eigenvalue weighted by Gasteiger charge is -2.32. The smallest absolute Gasteiger partial charge is 0.207 e. The molecule has 0 amide bonds. The number of rotatable bonds is 4. The van der Waals surface area contributed by atoms with E-state index in [9.17, 15) is 8.42 Å². The molecule has 0 saturated carbocycles. The third-order valence-electron chi connectivity index (χ3n) is 5.68. The normalized spacial score (nSPS) is 20.6. The summed E-state index contributed by atoms with van der Waals surface area (Å²) in [6.07, 6.45) is 2.15. The quantitative estimate of drug-likeness (QED) is 0.691. The van der Waals surface area contributed by atoms with Crippen molar-refractivity contribution in [2.24, 2.45) is 5.92 Å². The van der Waals surface area contributed by atoms with Crippen molar-refractivity contribution in [3.05, 3.63) is 70.3 Å². The van der Waals surface area contributed by atoms with E-state index in [1.165, 1.54) is 5.56 Å². The van der Waals surface area contributed by atoms with Crippen LogP contribution in [-0.4, -0.2) is 24.8 Å². The van der Waals surface area contributed by atoms with Crippen molar-refractivity contribution >= 4 is 15.6 Å². The highest BCUT2D eigenvalue weighted by molar-refractivity contribution is 7.89. The van der Waals surface area contributed by atoms with Gasteiger partial charge in [-0.05, 0) is 62.8 Å². The van der Waals surface area contributed by atoms with Crippen LogP contribution in [0.3, 0.4) is 0 Å². The van der Waals surface area contributed by atoms with Crippen molar-refractivity contribution in [1.82, 2.24) is 4.31 Å². The SMILES string of the molecule is Cc1ccc(C2=C[C@H](C(C)C)N(S(=O)(=O)c3c(C)cc(C)cc3C)[C@@H]2C)cc1. The lowest BCUT2D eigenvalue weighted by atomic mass is 9.99. The molecule has 150 valence electrons. The van der Waals surface area contributed by atoms with Crippen molar-refractivity contribution in [1.29, 1.82) is 0 Å². The highest BCUT2D eigenvalue weighted by Gasteiger charge is 2.43. The van der Waals surface area contributed by atoms with E-state index in [1.54, 1.807) is 4.31 Å². The van der Waals surface area contributed by atoms with Crippen LogP contribution in [0.25, 0.3) is 5.57 Å². The fraction of sp³-hybridized carbons (Fsp3) is 0.417. The Morgan fingerprint density at radius 1 is 0.893 bits per heavy atom. The molecule has 0 fully saturated rings. The fourth-order valence-electron chi connectivity index (χ4n) is 4.41. The largest absolute Gasteiger partial charge is 0.244 e. The molecule has 0 aromatic heterocycles. The zero-order valence-electron chi connectivity index (χ0n) is 17.9. The maximum Gasteiger partial charge on any atom is 0.244 e. The molecule has 0 bridgehead atoms. The molecule has 2 atom stereocenters. The first-order valence-corrected chi connectivity index (χ1v) is 11.4. The molecule has 0 N–H and O–H groups in total. The fourth-order valence-corrected chi connectivity index (χ4v) is 6.71. The summed E-state index contributed by atoms with van der Waals surface area (Å²) in [5.41, 5.74) is 6.10. The van der Waals surface area contributed by atoms with Crippen LogP contribution in [0.5, 0.6) is 0 Å². The molecule has 0 saturated heterocycles. The average molecular weight is 398 g/mol. The molecule has 4 heteroatoms. The van der Waals surface area contributed by atoms with E-state index in [2.05, 4.69) is 51.1 Å². The van der Waals surface area contributed by atoms with Gasteiger partial charge in [-0.3, -0.25) is 0 Å². The Hall–Kier alpha value is -1.91. The van der Waals surface area contributed by atoms with Gasteiger partial charge in [0.1, 0.15) is 0 Å². The summed E-state index contributed by atoms with van der Waals surface area (Å²) in [6, 6.07) is 11.9. The molecular weight excluding hydrogens is 366 g/mol. The number of hydrogen-bond acceptors (Lipinski definition) is 2. The first-order chi connectivity index (χ1) is 13.0. The molecule has 28 heavy (non-hydrogen) atoms. The van der Waals surface area contributed by atoms with Crippen LogP contribution in [0.4, 0.5) is 0 Å². The lowest BCUT2D eigenvalue weighted by Crippen LogP contribution is -2.44. The van der Waals surface area contributed by atoms with Gasteiger partial charge in [-0.25, -0.2) is 8.42 Å². The van der Waals surface area contributed by atoms with E-state index in [4.69, 9.17) is 0 Å². The lowest BCUT2D eigenvalue weighted by molar-refractivity contribution is 0.302. The topological polar surface area (TPSA) is 37.4 Å². The Labute approximate surface area is 170 Å². The highest BCUT2D eigenvalue weighted by atomic mass is 32.2. The minimum atomic E-state index is -3.63. The van der Waals surface area contributed by atoms with Gasteiger partial charge in [0.25, 0.3) is 0 Å². The highest BCUT2D eigenvalue weighted by Crippen LogP contribution is 2.39. The third-order valence-corrected chi connectivity index (χ3v) is 7.96. The summed E-state index contributed by atoms with van der Waals surface area (Å²) in [4.78, 5) is 0.453. The predicted octanol–water partition coefficient (Wildman–Crippen LogP) is 5.42. The van der Waals surface area contributed by atoms with Gasteiger partial charge in [0.2, 0.25) is 10.0 Å². The summed E-state index contributed by atoms with van der Waals surface area (Å²) in [6.45, 7) is 14.0. The van der Waals surface area contributed by atoms with E-state index in [-0.39, 0.29) is 18.0 Å². The summed E-state index contributed by atoms with van der Waals surface area (Å²) < 4.78 is 29.4. The van der Waals surface area contributed by atoms with Gasteiger partial charge in [0.15, 0.2) is 0 Å². The molecule has 2 aromatic rings. The molecule has 1 aliphatic heterocycles. The zero-order valence-corrected chi connectivity index (χ0v) is 18.8. The van der Waals surface area contributed by atoms with E-state index in [1.807, 2.05) is 39.8 Å². The molecule has 1 aliphatic rings. The molecule has 2 aromatic carbocycles. The second-order valence-electron chi connectivity index (χ2n) is 8.46. The van der Waals surface area contributed by atoms with E-state index < -0.39 is 10.0 Å². The summed E-state index contributed by atoms with van der Waals surface area (Å²) in [5.74, 6) is 0.186. The van der Waals surface area contributed by atoms with Gasteiger partial charge < -0.3 is 0 Å². The van der Waals surface area contributed by atoms with Gasteiger partial charge in [0, 0.05) is 12.1 Å². The van der Waals surface area contributed by atoms with Crippen LogP contribution < -0.4 is 0 Å². The van der Waals surface area contributed by atoms with Crippen LogP contribution >= 0.6 is 0 Å². The van der Waals surface area contributed by atoms with Crippen molar-refractivity contribution < 1.29 is 8.42 Å². The zero-order chi connectivity index (χ0) is 20.8. The van der Waals surface area contributed by atoms with Gasteiger partial charge in [0.05, 0.1) is 4.90 Å². The van der Waals surface area contributed by atoms with E-state index in [0.29, 0.717) is 4.90 Å². The van der Waals surface area contributed by atoms with E-state index in [0.717, 1.165) is 27.8 Å². The molecule has 1 heterocycles. The molecule has 0 aliphatic carbocycles. The third kappa shape index (κ3) is 3.56. The molecule has 0 spiro atoms. The maximum absolute atomic E-state index is 13.8. The monoisotopic (exact) mass is 397 g/mol. The number of nitrogens with zero attached hydrogens (tertiary/aromatic N) is 1. The molecule has 3 nitrogen and oxygen atoms in total. The van der Waals surface area contributed by atoms with Crippen LogP contribution in [-0.2, 0) is 10.0 Å². The Morgan fingerprint density at radius 3 is 1.93 bits per heavy atom. The summed E-state index contributed by atoms with van der Waals surface area (Å²) in [5, 5.41) is 0. The summed E-state index contributed by atoms with van der Waals surface area (Å²) in [7, 11) is -3.63. The van der Waals surface area contributed by atoms with E-state index >= 15 is 0 Å². The second-order valence-corrected chi connectivity index (χ2v) is 10.2. The first kappa shape index (κ1) is 20.8. The van der Waals surface area contributed by atoms with Gasteiger partial charge in [-0.1, -0.05) is 67.4 Å². The van der Waals surface area contributed by atoms with Crippen LogP contribution in [0.2, 0.25) is 0 Å². The van der Waals surface area contributed by atoms with Crippen LogP contribution in [0, 0.1) is 33.6 Å². The van der Waals surface area contributed by atoms with Crippen molar-refractivity contribution in [3.63, 3.8) is 0 Å². The first-order valence-electron chi connectivity index (χ1n) is 9.94. The minimum Gasteiger partial charge on any atom is -0.207 e. The summed E-state index contributed by atoms with van der Waals surface area (Å²) >= 11 is 0. The Balaban J connectivity index is 2.12. The van der Waals surface area contributed by atoms with Crippen LogP contribution in [0.15, 0.2) is 47.4 Å². The van der Waals surface area contributed by atoms with Gasteiger partial charge >= 0.3 is 0 Å². The standard InChI is InChI=1S/C24H31NO2S/c1-15(2)23-14-22(21-10-8-16(3)9-11-21)20(7)25(23)28(26,27)24-18(5)12-17(4)13-19(24)6/h8-15,20,23H,1-7H3/t20-,23-/m1/s1. The predicted molar refractivity (Wildman–Crippen MR) is 117 cm³/mol. The molecule has 3 rings (SSSR count). The number of sulfonamides is 1. The minimum absolute atomic E-state index is 0.156. The van der Waals surface area contributed by atoms with Gasteiger partial charge in [-0.2, -0.15) is 4.31 Å². The molecular formula is C24H31NO2S. The Bertz CT molecular complexity index is 994. The van der Waals surface area contributed by atoms with Crippen LogP contribution in [0.1, 0.15) is 48.6 Å². The van der Waals surface area contributed by atoms with Crippen molar-refractivity contribution in [3.8, 4) is 0 Å². The van der Waals surface area contributed by atoms with Gasteiger partial charge in [-0.15, -0.1) is 0 Å². The number of aryl methyl sites for hydroxylation is 4. The average Bonchev–Trinajstić information content (AvgIpc) is 2.92. The Morgan fingerprint density at radius 2 is 1.43 bits per heavy atom.